The SMILES string of the molecule is CC(Oc1ccccc1Cl)C(=O)NC1C2CCCC1CC(N)C2.Cl. The first-order valence-electron chi connectivity index (χ1n) is 8.51. The Morgan fingerprint density at radius 3 is 2.54 bits per heavy atom. The fourth-order valence-electron chi connectivity index (χ4n) is 4.09. The average Bonchev–Trinajstić information content (AvgIpc) is 2.50. The number of nitrogens with two attached hydrogens (primary N) is 1. The third kappa shape index (κ3) is 4.35. The molecule has 0 spiro atoms. The molecule has 0 radical (unpaired) electrons. The number of rotatable bonds is 4. The fraction of sp³-hybridized carbons (Fsp3) is 0.611. The number of nitrogens with one attached hydrogen (secondary N) is 1. The van der Waals surface area contributed by atoms with Crippen LogP contribution in [0.3, 0.4) is 0 Å². The first kappa shape index (κ1) is 19.4. The number of halogens is 2. The zero-order valence-corrected chi connectivity index (χ0v) is 15.5. The first-order chi connectivity index (χ1) is 11.0. The molecule has 3 N–H and O–H groups in total. The number of ether oxygens (including phenoxy) is 1. The smallest absolute Gasteiger partial charge is 0.261 e. The quantitative estimate of drug-likeness (QED) is 0.848. The number of fused-ring (bicyclic) bond motifs is 2. The Hall–Kier alpha value is -0.970. The molecule has 0 saturated heterocycles. The van der Waals surface area contributed by atoms with Gasteiger partial charge in [0.2, 0.25) is 0 Å². The van der Waals surface area contributed by atoms with Gasteiger partial charge in [-0.15, -0.1) is 12.4 Å². The van der Waals surface area contributed by atoms with E-state index >= 15 is 0 Å². The van der Waals surface area contributed by atoms with E-state index in [9.17, 15) is 4.79 Å². The molecular formula is C18H26Cl2N2O2. The lowest BCUT2D eigenvalue weighted by Crippen LogP contribution is -2.55. The predicted octanol–water partition coefficient (Wildman–Crippen LogP) is 3.55. The van der Waals surface area contributed by atoms with Crippen molar-refractivity contribution in [3.8, 4) is 5.75 Å². The third-order valence-electron chi connectivity index (χ3n) is 5.20. The summed E-state index contributed by atoms with van der Waals surface area (Å²) in [6.07, 6.45) is 5.04. The zero-order chi connectivity index (χ0) is 16.4. The molecule has 6 heteroatoms. The Morgan fingerprint density at radius 1 is 1.29 bits per heavy atom. The van der Waals surface area contributed by atoms with Crippen molar-refractivity contribution in [2.24, 2.45) is 17.6 Å². The summed E-state index contributed by atoms with van der Waals surface area (Å²) in [5, 5.41) is 3.74. The Morgan fingerprint density at radius 2 is 1.92 bits per heavy atom. The van der Waals surface area contributed by atoms with Crippen LogP contribution in [0.5, 0.6) is 5.75 Å². The lowest BCUT2D eigenvalue weighted by Gasteiger charge is -2.45. The second kappa shape index (κ2) is 8.41. The van der Waals surface area contributed by atoms with Crippen molar-refractivity contribution in [3.63, 3.8) is 0 Å². The van der Waals surface area contributed by atoms with Gasteiger partial charge in [-0.2, -0.15) is 0 Å². The molecule has 134 valence electrons. The summed E-state index contributed by atoms with van der Waals surface area (Å²) in [4.78, 5) is 12.5. The van der Waals surface area contributed by atoms with Gasteiger partial charge in [-0.05, 0) is 56.6 Å². The Labute approximate surface area is 154 Å². The van der Waals surface area contributed by atoms with Gasteiger partial charge < -0.3 is 15.8 Å². The number of amides is 1. The lowest BCUT2D eigenvalue weighted by atomic mass is 9.67. The molecule has 2 fully saturated rings. The number of benzene rings is 1. The van der Waals surface area contributed by atoms with Crippen LogP contribution in [0.2, 0.25) is 5.02 Å². The Bertz CT molecular complexity index is 556. The molecule has 3 rings (SSSR count). The molecule has 0 heterocycles. The molecule has 2 aliphatic carbocycles. The van der Waals surface area contributed by atoms with Crippen LogP contribution in [0.15, 0.2) is 24.3 Å². The van der Waals surface area contributed by atoms with Gasteiger partial charge in [0, 0.05) is 12.1 Å². The van der Waals surface area contributed by atoms with Crippen LogP contribution in [-0.2, 0) is 4.79 Å². The van der Waals surface area contributed by atoms with Crippen molar-refractivity contribution in [2.75, 3.05) is 0 Å². The maximum atomic E-state index is 12.5. The maximum Gasteiger partial charge on any atom is 0.261 e. The van der Waals surface area contributed by atoms with E-state index in [2.05, 4.69) is 5.32 Å². The summed E-state index contributed by atoms with van der Waals surface area (Å²) in [6.45, 7) is 1.77. The molecule has 1 amide bonds. The summed E-state index contributed by atoms with van der Waals surface area (Å²) in [6, 6.07) is 7.75. The minimum Gasteiger partial charge on any atom is -0.479 e. The van der Waals surface area contributed by atoms with E-state index in [0.29, 0.717) is 22.6 Å². The average molecular weight is 373 g/mol. The van der Waals surface area contributed by atoms with E-state index in [1.807, 2.05) is 12.1 Å². The largest absolute Gasteiger partial charge is 0.479 e. The number of hydrogen-bond acceptors (Lipinski definition) is 3. The highest BCUT2D eigenvalue weighted by molar-refractivity contribution is 6.32. The van der Waals surface area contributed by atoms with E-state index in [0.717, 1.165) is 25.7 Å². The van der Waals surface area contributed by atoms with Crippen molar-refractivity contribution in [1.29, 1.82) is 0 Å². The summed E-state index contributed by atoms with van der Waals surface area (Å²) in [7, 11) is 0. The molecule has 1 aromatic carbocycles. The highest BCUT2D eigenvalue weighted by Gasteiger charge is 2.40. The Balaban J connectivity index is 0.00000208. The second-order valence-corrected chi connectivity index (χ2v) is 7.31. The standard InChI is InChI=1S/C18H25ClN2O2.ClH/c1-11(23-16-8-3-2-7-15(16)19)18(22)21-17-12-5-4-6-13(17)10-14(20)9-12;/h2-3,7-8,11-14,17H,4-6,9-10,20H2,1H3,(H,21,22);1H. The van der Waals surface area contributed by atoms with Crippen LogP contribution in [0.4, 0.5) is 0 Å². The zero-order valence-electron chi connectivity index (χ0n) is 13.9. The highest BCUT2D eigenvalue weighted by Crippen LogP contribution is 2.39. The van der Waals surface area contributed by atoms with Crippen molar-refractivity contribution >= 4 is 29.9 Å². The monoisotopic (exact) mass is 372 g/mol. The minimum atomic E-state index is -0.564. The predicted molar refractivity (Wildman–Crippen MR) is 98.8 cm³/mol. The minimum absolute atomic E-state index is 0. The number of hydrogen-bond donors (Lipinski definition) is 2. The van der Waals surface area contributed by atoms with Crippen LogP contribution >= 0.6 is 24.0 Å². The molecule has 3 atom stereocenters. The van der Waals surface area contributed by atoms with E-state index in [4.69, 9.17) is 22.1 Å². The van der Waals surface area contributed by atoms with Crippen LogP contribution in [0.1, 0.15) is 39.0 Å². The van der Waals surface area contributed by atoms with E-state index in [-0.39, 0.29) is 30.4 Å². The highest BCUT2D eigenvalue weighted by atomic mass is 35.5. The first-order valence-corrected chi connectivity index (χ1v) is 8.89. The van der Waals surface area contributed by atoms with Crippen LogP contribution in [0.25, 0.3) is 0 Å². The molecular weight excluding hydrogens is 347 g/mol. The lowest BCUT2D eigenvalue weighted by molar-refractivity contribution is -0.129. The normalized spacial score (nSPS) is 30.0. The molecule has 0 aliphatic heterocycles. The van der Waals surface area contributed by atoms with Crippen LogP contribution < -0.4 is 15.8 Å². The molecule has 1 aromatic rings. The molecule has 4 nitrogen and oxygen atoms in total. The van der Waals surface area contributed by atoms with Gasteiger partial charge >= 0.3 is 0 Å². The van der Waals surface area contributed by atoms with Crippen molar-refractivity contribution in [1.82, 2.24) is 5.32 Å². The van der Waals surface area contributed by atoms with Gasteiger partial charge in [-0.1, -0.05) is 30.2 Å². The van der Waals surface area contributed by atoms with Gasteiger partial charge in [0.15, 0.2) is 6.10 Å². The molecule has 2 bridgehead atoms. The molecule has 0 aromatic heterocycles. The Kier molecular flexibility index (Phi) is 6.79. The van der Waals surface area contributed by atoms with Gasteiger partial charge in [-0.25, -0.2) is 0 Å². The van der Waals surface area contributed by atoms with Gasteiger partial charge in [0.25, 0.3) is 5.91 Å². The third-order valence-corrected chi connectivity index (χ3v) is 5.51. The molecule has 2 aliphatic rings. The van der Waals surface area contributed by atoms with E-state index in [1.54, 1.807) is 19.1 Å². The molecule has 2 saturated carbocycles. The van der Waals surface area contributed by atoms with E-state index in [1.165, 1.54) is 6.42 Å². The van der Waals surface area contributed by atoms with Gasteiger partial charge in [-0.3, -0.25) is 4.79 Å². The van der Waals surface area contributed by atoms with Gasteiger partial charge in [0.1, 0.15) is 5.75 Å². The van der Waals surface area contributed by atoms with Gasteiger partial charge in [0.05, 0.1) is 5.02 Å². The molecule has 24 heavy (non-hydrogen) atoms. The van der Waals surface area contributed by atoms with Crippen LogP contribution in [0, 0.1) is 11.8 Å². The van der Waals surface area contributed by atoms with Crippen LogP contribution in [-0.4, -0.2) is 24.1 Å². The van der Waals surface area contributed by atoms with Crippen molar-refractivity contribution < 1.29 is 9.53 Å². The summed E-state index contributed by atoms with van der Waals surface area (Å²) in [5.41, 5.74) is 6.14. The summed E-state index contributed by atoms with van der Waals surface area (Å²) in [5.74, 6) is 1.49. The molecule has 3 unspecified atom stereocenters. The number of para-hydroxylation sites is 1. The summed E-state index contributed by atoms with van der Waals surface area (Å²) >= 11 is 6.09. The number of carbonyl (C=O) groups is 1. The maximum absolute atomic E-state index is 12.5. The fourth-order valence-corrected chi connectivity index (χ4v) is 4.27. The van der Waals surface area contributed by atoms with Crippen molar-refractivity contribution in [3.05, 3.63) is 29.3 Å². The van der Waals surface area contributed by atoms with Crippen molar-refractivity contribution in [2.45, 2.75) is 57.2 Å². The number of carbonyl (C=O) groups excluding carboxylic acids is 1. The topological polar surface area (TPSA) is 64.3 Å². The second-order valence-electron chi connectivity index (χ2n) is 6.91. The van der Waals surface area contributed by atoms with E-state index < -0.39 is 6.10 Å². The summed E-state index contributed by atoms with van der Waals surface area (Å²) < 4.78 is 5.72.